The number of ether oxygens (including phenoxy) is 1. The highest BCUT2D eigenvalue weighted by atomic mass is 16.5. The minimum atomic E-state index is -0.874. The molecule has 23 heavy (non-hydrogen) atoms. The highest BCUT2D eigenvalue weighted by Crippen LogP contribution is 2.48. The molecule has 2 unspecified atom stereocenters. The standard InChI is InChI=1S/C18H23NO4/c1-12-4-2-3-5-13(12)14-10-15(14)16(20)19-11-18(17(21)22)6-8-23-9-7-18/h2-5,14-15H,6-11H2,1H3,(H,19,20)(H,21,22). The van der Waals surface area contributed by atoms with Crippen molar-refractivity contribution in [1.29, 1.82) is 0 Å². The second kappa shape index (κ2) is 6.32. The van der Waals surface area contributed by atoms with Crippen molar-refractivity contribution in [2.24, 2.45) is 11.3 Å². The minimum Gasteiger partial charge on any atom is -0.481 e. The number of rotatable bonds is 5. The van der Waals surface area contributed by atoms with Gasteiger partial charge < -0.3 is 15.2 Å². The molecule has 1 aromatic carbocycles. The first kappa shape index (κ1) is 16.0. The fourth-order valence-electron chi connectivity index (χ4n) is 3.45. The molecular weight excluding hydrogens is 294 g/mol. The number of hydrogen-bond acceptors (Lipinski definition) is 3. The van der Waals surface area contributed by atoms with Crippen molar-refractivity contribution in [2.75, 3.05) is 19.8 Å². The fourth-order valence-corrected chi connectivity index (χ4v) is 3.45. The van der Waals surface area contributed by atoms with Crippen LogP contribution in [0.25, 0.3) is 0 Å². The molecular formula is C18H23NO4. The van der Waals surface area contributed by atoms with Gasteiger partial charge in [-0.3, -0.25) is 9.59 Å². The Kier molecular flexibility index (Phi) is 4.39. The lowest BCUT2D eigenvalue weighted by Crippen LogP contribution is -2.46. The molecule has 1 aliphatic heterocycles. The van der Waals surface area contributed by atoms with Crippen LogP contribution in [0, 0.1) is 18.3 Å². The van der Waals surface area contributed by atoms with Crippen molar-refractivity contribution < 1.29 is 19.4 Å². The number of aliphatic carboxylic acids is 1. The van der Waals surface area contributed by atoms with E-state index in [4.69, 9.17) is 4.74 Å². The Morgan fingerprint density at radius 3 is 2.65 bits per heavy atom. The summed E-state index contributed by atoms with van der Waals surface area (Å²) in [5.41, 5.74) is 1.56. The van der Waals surface area contributed by atoms with Gasteiger partial charge in [0.2, 0.25) is 5.91 Å². The molecule has 2 atom stereocenters. The van der Waals surface area contributed by atoms with Gasteiger partial charge in [-0.2, -0.15) is 0 Å². The molecule has 0 radical (unpaired) electrons. The lowest BCUT2D eigenvalue weighted by Gasteiger charge is -2.33. The van der Waals surface area contributed by atoms with Crippen LogP contribution >= 0.6 is 0 Å². The monoisotopic (exact) mass is 317 g/mol. The van der Waals surface area contributed by atoms with Crippen LogP contribution in [0.1, 0.15) is 36.3 Å². The number of carbonyl (C=O) groups is 2. The number of carboxylic acids is 1. The molecule has 1 aliphatic carbocycles. The molecule has 1 amide bonds. The largest absolute Gasteiger partial charge is 0.481 e. The zero-order chi connectivity index (χ0) is 16.4. The van der Waals surface area contributed by atoms with Gasteiger partial charge in [0.05, 0.1) is 5.41 Å². The van der Waals surface area contributed by atoms with E-state index in [1.165, 1.54) is 11.1 Å². The summed E-state index contributed by atoms with van der Waals surface area (Å²) >= 11 is 0. The Labute approximate surface area is 136 Å². The Morgan fingerprint density at radius 2 is 2.00 bits per heavy atom. The van der Waals surface area contributed by atoms with Gasteiger partial charge in [-0.25, -0.2) is 0 Å². The van der Waals surface area contributed by atoms with E-state index >= 15 is 0 Å². The summed E-state index contributed by atoms with van der Waals surface area (Å²) in [6.07, 6.45) is 1.75. The van der Waals surface area contributed by atoms with Gasteiger partial charge in [-0.05, 0) is 43.2 Å². The topological polar surface area (TPSA) is 75.6 Å². The molecule has 124 valence electrons. The lowest BCUT2D eigenvalue weighted by atomic mass is 9.80. The maximum atomic E-state index is 12.4. The van der Waals surface area contributed by atoms with E-state index in [0.29, 0.717) is 26.1 Å². The minimum absolute atomic E-state index is 0.0228. The molecule has 3 rings (SSSR count). The van der Waals surface area contributed by atoms with Crippen LogP contribution in [0.2, 0.25) is 0 Å². The molecule has 0 spiro atoms. The Balaban J connectivity index is 1.58. The van der Waals surface area contributed by atoms with Crippen LogP contribution < -0.4 is 5.32 Å². The van der Waals surface area contributed by atoms with Crippen molar-refractivity contribution in [2.45, 2.75) is 32.1 Å². The second-order valence-electron chi connectivity index (χ2n) is 6.72. The van der Waals surface area contributed by atoms with Crippen LogP contribution in [0.5, 0.6) is 0 Å². The predicted molar refractivity (Wildman–Crippen MR) is 85.2 cm³/mol. The normalized spacial score (nSPS) is 25.6. The molecule has 0 bridgehead atoms. The van der Waals surface area contributed by atoms with Crippen molar-refractivity contribution in [3.63, 3.8) is 0 Å². The Morgan fingerprint density at radius 1 is 1.30 bits per heavy atom. The zero-order valence-electron chi connectivity index (χ0n) is 13.4. The smallest absolute Gasteiger partial charge is 0.311 e. The number of benzene rings is 1. The van der Waals surface area contributed by atoms with Gasteiger partial charge in [0.25, 0.3) is 0 Å². The van der Waals surface area contributed by atoms with E-state index in [9.17, 15) is 14.7 Å². The first-order chi connectivity index (χ1) is 11.0. The molecule has 2 fully saturated rings. The summed E-state index contributed by atoms with van der Waals surface area (Å²) in [5.74, 6) is -0.619. The molecule has 1 saturated heterocycles. The van der Waals surface area contributed by atoms with Crippen molar-refractivity contribution in [3.05, 3.63) is 35.4 Å². The summed E-state index contributed by atoms with van der Waals surface area (Å²) in [6, 6.07) is 8.13. The maximum Gasteiger partial charge on any atom is 0.311 e. The van der Waals surface area contributed by atoms with E-state index in [2.05, 4.69) is 24.4 Å². The molecule has 2 aliphatic rings. The van der Waals surface area contributed by atoms with E-state index in [1.54, 1.807) is 0 Å². The van der Waals surface area contributed by atoms with Gasteiger partial charge in [0, 0.05) is 25.7 Å². The Hall–Kier alpha value is -1.88. The summed E-state index contributed by atoms with van der Waals surface area (Å²) < 4.78 is 5.25. The maximum absolute atomic E-state index is 12.4. The van der Waals surface area contributed by atoms with Crippen molar-refractivity contribution in [3.8, 4) is 0 Å². The molecule has 1 saturated carbocycles. The number of carboxylic acid groups (broad SMARTS) is 1. The number of nitrogens with one attached hydrogen (secondary N) is 1. The first-order valence-electron chi connectivity index (χ1n) is 8.18. The van der Waals surface area contributed by atoms with Crippen LogP contribution in [-0.4, -0.2) is 36.7 Å². The number of carbonyl (C=O) groups excluding carboxylic acids is 1. The third kappa shape index (κ3) is 3.24. The quantitative estimate of drug-likeness (QED) is 0.872. The van der Waals surface area contributed by atoms with Crippen LogP contribution in [0.15, 0.2) is 24.3 Å². The van der Waals surface area contributed by atoms with Crippen LogP contribution in [0.4, 0.5) is 0 Å². The fraction of sp³-hybridized carbons (Fsp3) is 0.556. The second-order valence-corrected chi connectivity index (χ2v) is 6.72. The van der Waals surface area contributed by atoms with E-state index in [-0.39, 0.29) is 24.3 Å². The average molecular weight is 317 g/mol. The number of amides is 1. The molecule has 2 N–H and O–H groups in total. The third-order valence-electron chi connectivity index (χ3n) is 5.22. The zero-order valence-corrected chi connectivity index (χ0v) is 13.4. The highest BCUT2D eigenvalue weighted by Gasteiger charge is 2.46. The molecule has 1 heterocycles. The van der Waals surface area contributed by atoms with Gasteiger partial charge in [-0.15, -0.1) is 0 Å². The van der Waals surface area contributed by atoms with Crippen LogP contribution in [0.3, 0.4) is 0 Å². The SMILES string of the molecule is Cc1ccccc1C1CC1C(=O)NCC1(C(=O)O)CCOCC1. The molecule has 1 aromatic rings. The van der Waals surface area contributed by atoms with Crippen molar-refractivity contribution in [1.82, 2.24) is 5.32 Å². The van der Waals surface area contributed by atoms with Crippen LogP contribution in [-0.2, 0) is 14.3 Å². The Bertz CT molecular complexity index is 607. The van der Waals surface area contributed by atoms with Gasteiger partial charge in [0.15, 0.2) is 0 Å². The molecule has 0 aromatic heterocycles. The summed E-state index contributed by atoms with van der Waals surface area (Å²) in [6.45, 7) is 3.14. The predicted octanol–water partition coefficient (Wildman–Crippen LogP) is 2.10. The highest BCUT2D eigenvalue weighted by molar-refractivity contribution is 5.84. The summed E-state index contributed by atoms with van der Waals surface area (Å²) in [7, 11) is 0. The van der Waals surface area contributed by atoms with Gasteiger partial charge >= 0.3 is 5.97 Å². The lowest BCUT2D eigenvalue weighted by molar-refractivity contribution is -0.154. The number of hydrogen-bond donors (Lipinski definition) is 2. The van der Waals surface area contributed by atoms with Gasteiger partial charge in [-0.1, -0.05) is 24.3 Å². The van der Waals surface area contributed by atoms with Crippen molar-refractivity contribution >= 4 is 11.9 Å². The number of aryl methyl sites for hydroxylation is 1. The molecule has 5 nitrogen and oxygen atoms in total. The van der Waals surface area contributed by atoms with E-state index in [0.717, 1.165) is 6.42 Å². The molecule has 5 heteroatoms. The van der Waals surface area contributed by atoms with E-state index < -0.39 is 11.4 Å². The average Bonchev–Trinajstić information content (AvgIpc) is 3.34. The summed E-state index contributed by atoms with van der Waals surface area (Å²) in [5, 5.41) is 12.4. The first-order valence-corrected chi connectivity index (χ1v) is 8.18. The van der Waals surface area contributed by atoms with Gasteiger partial charge in [0.1, 0.15) is 0 Å². The third-order valence-corrected chi connectivity index (χ3v) is 5.22. The summed E-state index contributed by atoms with van der Waals surface area (Å²) in [4.78, 5) is 24.0. The van der Waals surface area contributed by atoms with E-state index in [1.807, 2.05) is 12.1 Å².